The Labute approximate surface area is 143 Å². The molecule has 0 aliphatic rings. The van der Waals surface area contributed by atoms with E-state index in [9.17, 15) is 4.79 Å². The highest BCUT2D eigenvalue weighted by atomic mass is 16.1. The van der Waals surface area contributed by atoms with Crippen molar-refractivity contribution >= 4 is 28.6 Å². The van der Waals surface area contributed by atoms with Gasteiger partial charge in [-0.3, -0.25) is 4.98 Å². The number of pyridine rings is 1. The zero-order valence-electron chi connectivity index (χ0n) is 15.0. The SMILES string of the molecule is CCCC[C@](C)(CCC(C)=O)Nc1nc(N)nc2c(C)ccnc12. The summed E-state index contributed by atoms with van der Waals surface area (Å²) in [7, 11) is 0. The number of rotatable bonds is 8. The maximum Gasteiger partial charge on any atom is 0.222 e. The van der Waals surface area contributed by atoms with Gasteiger partial charge in [0.1, 0.15) is 11.3 Å². The molecule has 2 heterocycles. The van der Waals surface area contributed by atoms with Gasteiger partial charge in [-0.15, -0.1) is 0 Å². The number of carbonyl (C=O) groups is 1. The Morgan fingerprint density at radius 1 is 1.29 bits per heavy atom. The molecular weight excluding hydrogens is 302 g/mol. The van der Waals surface area contributed by atoms with Crippen molar-refractivity contribution in [3.8, 4) is 0 Å². The van der Waals surface area contributed by atoms with Crippen LogP contribution in [0.1, 0.15) is 58.4 Å². The minimum absolute atomic E-state index is 0.195. The molecule has 0 saturated heterocycles. The fraction of sp³-hybridized carbons (Fsp3) is 0.556. The first kappa shape index (κ1) is 18.1. The van der Waals surface area contributed by atoms with Crippen LogP contribution in [0.4, 0.5) is 11.8 Å². The topological polar surface area (TPSA) is 93.8 Å². The molecule has 0 aliphatic carbocycles. The summed E-state index contributed by atoms with van der Waals surface area (Å²) in [4.78, 5) is 24.6. The maximum atomic E-state index is 11.4. The van der Waals surface area contributed by atoms with Crippen LogP contribution in [0.3, 0.4) is 0 Å². The Morgan fingerprint density at radius 3 is 2.71 bits per heavy atom. The van der Waals surface area contributed by atoms with Gasteiger partial charge in [-0.1, -0.05) is 19.8 Å². The predicted octanol–water partition coefficient (Wildman–Crippen LogP) is 3.65. The standard InChI is InChI=1S/C18H27N5O/c1-5-6-9-18(4,10-7-13(3)24)23-16-15-14(21-17(19)22-16)12(2)8-11-20-15/h8,11H,5-7,9-10H2,1-4H3,(H3,19,21,22,23)/t18-/m1/s1. The van der Waals surface area contributed by atoms with Crippen LogP contribution in [0.5, 0.6) is 0 Å². The summed E-state index contributed by atoms with van der Waals surface area (Å²) in [6.45, 7) is 7.90. The van der Waals surface area contributed by atoms with E-state index in [4.69, 9.17) is 5.73 Å². The number of nitrogens with one attached hydrogen (secondary N) is 1. The van der Waals surface area contributed by atoms with Crippen molar-refractivity contribution in [2.45, 2.75) is 65.3 Å². The molecule has 0 unspecified atom stereocenters. The van der Waals surface area contributed by atoms with E-state index in [0.717, 1.165) is 42.3 Å². The van der Waals surface area contributed by atoms with E-state index >= 15 is 0 Å². The van der Waals surface area contributed by atoms with E-state index in [2.05, 4.69) is 34.1 Å². The molecule has 0 bridgehead atoms. The summed E-state index contributed by atoms with van der Waals surface area (Å²) in [5.74, 6) is 1.06. The second kappa shape index (κ2) is 7.55. The first-order valence-corrected chi connectivity index (χ1v) is 8.51. The molecule has 0 aliphatic heterocycles. The van der Waals surface area contributed by atoms with Gasteiger partial charge in [0, 0.05) is 18.2 Å². The van der Waals surface area contributed by atoms with Crippen LogP contribution in [0.15, 0.2) is 12.3 Å². The van der Waals surface area contributed by atoms with E-state index in [1.807, 2.05) is 13.0 Å². The molecule has 0 saturated carbocycles. The third-order valence-electron chi connectivity index (χ3n) is 4.33. The van der Waals surface area contributed by atoms with Gasteiger partial charge < -0.3 is 15.8 Å². The van der Waals surface area contributed by atoms with Crippen LogP contribution in [-0.4, -0.2) is 26.3 Å². The summed E-state index contributed by atoms with van der Waals surface area (Å²) < 4.78 is 0. The van der Waals surface area contributed by atoms with Gasteiger partial charge in [-0.2, -0.15) is 4.98 Å². The Bertz CT molecular complexity index is 731. The predicted molar refractivity (Wildman–Crippen MR) is 98.0 cm³/mol. The van der Waals surface area contributed by atoms with Crippen molar-refractivity contribution in [3.05, 3.63) is 17.8 Å². The van der Waals surface area contributed by atoms with Crippen molar-refractivity contribution in [2.24, 2.45) is 0 Å². The number of hydrogen-bond donors (Lipinski definition) is 2. The number of nitrogen functional groups attached to an aromatic ring is 1. The zero-order chi connectivity index (χ0) is 17.7. The molecule has 1 atom stereocenters. The number of nitrogens with two attached hydrogens (primary N) is 1. The van der Waals surface area contributed by atoms with Crippen LogP contribution in [0.2, 0.25) is 0 Å². The molecule has 2 aromatic rings. The second-order valence-corrected chi connectivity index (χ2v) is 6.75. The highest BCUT2D eigenvalue weighted by Gasteiger charge is 2.26. The Hall–Kier alpha value is -2.24. The van der Waals surface area contributed by atoms with Crippen molar-refractivity contribution < 1.29 is 4.79 Å². The van der Waals surface area contributed by atoms with Crippen molar-refractivity contribution in [1.82, 2.24) is 15.0 Å². The number of nitrogens with zero attached hydrogens (tertiary/aromatic N) is 3. The summed E-state index contributed by atoms with van der Waals surface area (Å²) in [6, 6.07) is 1.91. The number of aromatic nitrogens is 3. The van der Waals surface area contributed by atoms with Crippen LogP contribution in [-0.2, 0) is 4.79 Å². The lowest BCUT2D eigenvalue weighted by molar-refractivity contribution is -0.117. The van der Waals surface area contributed by atoms with E-state index in [0.29, 0.717) is 12.2 Å². The van der Waals surface area contributed by atoms with Crippen LogP contribution < -0.4 is 11.1 Å². The van der Waals surface area contributed by atoms with Gasteiger partial charge in [-0.25, -0.2) is 4.98 Å². The molecule has 6 nitrogen and oxygen atoms in total. The largest absolute Gasteiger partial charge is 0.368 e. The molecule has 0 amide bonds. The molecule has 6 heteroatoms. The lowest BCUT2D eigenvalue weighted by Crippen LogP contribution is -2.36. The van der Waals surface area contributed by atoms with E-state index in [1.54, 1.807) is 13.1 Å². The first-order valence-electron chi connectivity index (χ1n) is 8.51. The molecule has 130 valence electrons. The average molecular weight is 329 g/mol. The molecule has 2 rings (SSSR count). The average Bonchev–Trinajstić information content (AvgIpc) is 2.52. The molecule has 0 aromatic carbocycles. The third-order valence-corrected chi connectivity index (χ3v) is 4.33. The number of carbonyl (C=O) groups excluding carboxylic acids is 1. The van der Waals surface area contributed by atoms with E-state index < -0.39 is 0 Å². The quantitative estimate of drug-likeness (QED) is 0.768. The van der Waals surface area contributed by atoms with Crippen LogP contribution >= 0.6 is 0 Å². The summed E-state index contributed by atoms with van der Waals surface area (Å²) >= 11 is 0. The molecular formula is C18H27N5O. The number of ketones is 1. The third kappa shape index (κ3) is 4.40. The Balaban J connectivity index is 2.39. The lowest BCUT2D eigenvalue weighted by Gasteiger charge is -2.31. The molecule has 24 heavy (non-hydrogen) atoms. The second-order valence-electron chi connectivity index (χ2n) is 6.75. The summed E-state index contributed by atoms with van der Waals surface area (Å²) in [5.41, 5.74) is 8.14. The van der Waals surface area contributed by atoms with Gasteiger partial charge >= 0.3 is 0 Å². The minimum atomic E-state index is -0.235. The zero-order valence-corrected chi connectivity index (χ0v) is 15.0. The Kier molecular flexibility index (Phi) is 5.70. The highest BCUT2D eigenvalue weighted by Crippen LogP contribution is 2.29. The maximum absolute atomic E-state index is 11.4. The van der Waals surface area contributed by atoms with E-state index in [-0.39, 0.29) is 17.3 Å². The summed E-state index contributed by atoms with van der Waals surface area (Å²) in [6.07, 6.45) is 6.17. The monoisotopic (exact) mass is 329 g/mol. The van der Waals surface area contributed by atoms with E-state index in [1.165, 1.54) is 0 Å². The van der Waals surface area contributed by atoms with Gasteiger partial charge in [0.15, 0.2) is 5.82 Å². The number of fused-ring (bicyclic) bond motifs is 1. The van der Waals surface area contributed by atoms with Crippen molar-refractivity contribution in [2.75, 3.05) is 11.1 Å². The van der Waals surface area contributed by atoms with Gasteiger partial charge in [0.25, 0.3) is 0 Å². The van der Waals surface area contributed by atoms with Crippen molar-refractivity contribution in [3.63, 3.8) is 0 Å². The number of anilines is 2. The summed E-state index contributed by atoms with van der Waals surface area (Å²) in [5, 5.41) is 3.51. The minimum Gasteiger partial charge on any atom is -0.368 e. The normalized spacial score (nSPS) is 13.7. The van der Waals surface area contributed by atoms with Crippen LogP contribution in [0.25, 0.3) is 11.0 Å². The first-order chi connectivity index (χ1) is 11.3. The molecule has 3 N–H and O–H groups in total. The van der Waals surface area contributed by atoms with Crippen LogP contribution in [0, 0.1) is 6.92 Å². The fourth-order valence-corrected chi connectivity index (χ4v) is 2.81. The van der Waals surface area contributed by atoms with Crippen molar-refractivity contribution in [1.29, 1.82) is 0 Å². The lowest BCUT2D eigenvalue weighted by atomic mass is 9.89. The molecule has 0 spiro atoms. The smallest absolute Gasteiger partial charge is 0.222 e. The Morgan fingerprint density at radius 2 is 2.04 bits per heavy atom. The molecule has 0 fully saturated rings. The number of Topliss-reactive ketones (excluding diaryl/α,β-unsaturated/α-hetero) is 1. The fourth-order valence-electron chi connectivity index (χ4n) is 2.81. The van der Waals surface area contributed by atoms with Gasteiger partial charge in [0.05, 0.1) is 5.52 Å². The van der Waals surface area contributed by atoms with Gasteiger partial charge in [0.2, 0.25) is 5.95 Å². The van der Waals surface area contributed by atoms with Gasteiger partial charge in [-0.05, 0) is 45.2 Å². The number of unbranched alkanes of at least 4 members (excludes halogenated alkanes) is 1. The molecule has 0 radical (unpaired) electrons. The highest BCUT2D eigenvalue weighted by molar-refractivity contribution is 5.88. The molecule has 2 aromatic heterocycles. The number of aryl methyl sites for hydroxylation is 1. The number of hydrogen-bond acceptors (Lipinski definition) is 6.